The van der Waals surface area contributed by atoms with Gasteiger partial charge in [0.15, 0.2) is 0 Å². The first kappa shape index (κ1) is 29.9. The van der Waals surface area contributed by atoms with Gasteiger partial charge in [-0.1, -0.05) is 93.8 Å². The average molecular weight is 517 g/mol. The van der Waals surface area contributed by atoms with Gasteiger partial charge in [0.2, 0.25) is 0 Å². The quantitative estimate of drug-likeness (QED) is 0.103. The fourth-order valence-corrected chi connectivity index (χ4v) is 4.77. The van der Waals surface area contributed by atoms with Crippen molar-refractivity contribution < 1.29 is 22.4 Å². The van der Waals surface area contributed by atoms with Crippen LogP contribution in [0.15, 0.2) is 61.2 Å². The van der Waals surface area contributed by atoms with E-state index in [4.69, 9.17) is 14.0 Å². The predicted molar refractivity (Wildman–Crippen MR) is 150 cm³/mol. The fourth-order valence-electron chi connectivity index (χ4n) is 4.20. The summed E-state index contributed by atoms with van der Waals surface area (Å²) in [6, 6.07) is 16.2. The molecule has 1 N–H and O–H groups in total. The lowest BCUT2D eigenvalue weighted by Crippen LogP contribution is -2.04. The van der Waals surface area contributed by atoms with Gasteiger partial charge in [-0.3, -0.25) is 4.55 Å². The minimum Gasteiger partial charge on any atom is -0.493 e. The average Bonchev–Trinajstić information content (AvgIpc) is 2.86. The summed E-state index contributed by atoms with van der Waals surface area (Å²) >= 11 is 0. The molecule has 2 aromatic rings. The van der Waals surface area contributed by atoms with Gasteiger partial charge in [-0.05, 0) is 49.8 Å². The molecule has 0 aliphatic rings. The van der Waals surface area contributed by atoms with E-state index in [1.54, 1.807) is 0 Å². The van der Waals surface area contributed by atoms with E-state index in [0.29, 0.717) is 19.6 Å². The van der Waals surface area contributed by atoms with Crippen molar-refractivity contribution in [2.24, 2.45) is 0 Å². The minimum atomic E-state index is -3.85. The van der Waals surface area contributed by atoms with Crippen molar-refractivity contribution in [2.45, 2.75) is 83.5 Å². The molecule has 0 amide bonds. The molecule has 6 heteroatoms. The maximum Gasteiger partial charge on any atom is 0.264 e. The molecule has 36 heavy (non-hydrogen) atoms. The fraction of sp³-hybridized carbons (Fsp3) is 0.533. The van der Waals surface area contributed by atoms with E-state index in [2.05, 4.69) is 18.7 Å². The molecule has 0 atom stereocenters. The highest BCUT2D eigenvalue weighted by molar-refractivity contribution is 7.85. The smallest absolute Gasteiger partial charge is 0.264 e. The predicted octanol–water partition coefficient (Wildman–Crippen LogP) is 8.26. The third-order valence-electron chi connectivity index (χ3n) is 6.16. The van der Waals surface area contributed by atoms with Crippen molar-refractivity contribution in [3.05, 3.63) is 61.2 Å². The van der Waals surface area contributed by atoms with Gasteiger partial charge in [-0.15, -0.1) is 6.58 Å². The van der Waals surface area contributed by atoms with E-state index in [1.165, 1.54) is 38.5 Å². The summed E-state index contributed by atoms with van der Waals surface area (Å²) in [6.07, 6.45) is 15.8. The molecule has 200 valence electrons. The largest absolute Gasteiger partial charge is 0.493 e. The molecule has 0 unspecified atom stereocenters. The lowest BCUT2D eigenvalue weighted by molar-refractivity contribution is 0.292. The second-order valence-corrected chi connectivity index (χ2v) is 10.9. The summed E-state index contributed by atoms with van der Waals surface area (Å²) in [7, 11) is -3.85. The van der Waals surface area contributed by atoms with Gasteiger partial charge in [-0.2, -0.15) is 8.42 Å². The van der Waals surface area contributed by atoms with Gasteiger partial charge in [0.05, 0.1) is 24.5 Å². The molecule has 0 aliphatic carbocycles. The van der Waals surface area contributed by atoms with E-state index in [9.17, 15) is 8.42 Å². The Hall–Kier alpha value is -2.31. The third-order valence-corrected chi connectivity index (χ3v) is 6.97. The second kappa shape index (κ2) is 18.0. The zero-order chi connectivity index (χ0) is 25.9. The van der Waals surface area contributed by atoms with Crippen molar-refractivity contribution in [1.82, 2.24) is 0 Å². The first-order valence-electron chi connectivity index (χ1n) is 13.5. The van der Waals surface area contributed by atoms with Crippen LogP contribution >= 0.6 is 0 Å². The number of allylic oxidation sites excluding steroid dienone is 1. The van der Waals surface area contributed by atoms with Gasteiger partial charge in [0.1, 0.15) is 11.5 Å². The molecule has 0 bridgehead atoms. The topological polar surface area (TPSA) is 72.8 Å². The van der Waals surface area contributed by atoms with Crippen molar-refractivity contribution in [3.8, 4) is 22.6 Å². The monoisotopic (exact) mass is 516 g/mol. The van der Waals surface area contributed by atoms with Gasteiger partial charge < -0.3 is 9.47 Å². The number of ether oxygens (including phenoxy) is 2. The summed E-state index contributed by atoms with van der Waals surface area (Å²) in [5, 5.41) is 0. The molecule has 2 aromatic carbocycles. The van der Waals surface area contributed by atoms with Gasteiger partial charge in [-0.25, -0.2) is 0 Å². The molecule has 0 spiro atoms. The maximum absolute atomic E-state index is 10.8. The lowest BCUT2D eigenvalue weighted by atomic mass is 10.0. The Morgan fingerprint density at radius 1 is 0.667 bits per heavy atom. The molecular formula is C30H44O5S. The maximum atomic E-state index is 10.8. The Labute approximate surface area is 218 Å². The Kier molecular flexibility index (Phi) is 15.0. The van der Waals surface area contributed by atoms with Gasteiger partial charge >= 0.3 is 0 Å². The van der Waals surface area contributed by atoms with Crippen molar-refractivity contribution in [3.63, 3.8) is 0 Å². The highest BCUT2D eigenvalue weighted by atomic mass is 32.2. The second-order valence-electron chi connectivity index (χ2n) is 9.30. The summed E-state index contributed by atoms with van der Waals surface area (Å²) in [6.45, 7) is 5.07. The Morgan fingerprint density at radius 2 is 1.17 bits per heavy atom. The molecule has 0 fully saturated rings. The molecule has 0 radical (unpaired) electrons. The number of unbranched alkanes of at least 4 members (excludes halogenated alkanes) is 11. The van der Waals surface area contributed by atoms with Crippen molar-refractivity contribution >= 4 is 10.1 Å². The lowest BCUT2D eigenvalue weighted by Gasteiger charge is -2.17. The normalized spacial score (nSPS) is 11.4. The molecule has 0 aliphatic heterocycles. The minimum absolute atomic E-state index is 0.160. The van der Waals surface area contributed by atoms with Crippen molar-refractivity contribution in [2.75, 3.05) is 19.0 Å². The highest BCUT2D eigenvalue weighted by Gasteiger charge is 2.13. The van der Waals surface area contributed by atoms with Crippen LogP contribution in [0.5, 0.6) is 11.5 Å². The Balaban J connectivity index is 1.80. The molecule has 5 nitrogen and oxygen atoms in total. The van der Waals surface area contributed by atoms with Crippen LogP contribution in [0.2, 0.25) is 0 Å². The van der Waals surface area contributed by atoms with Crippen LogP contribution in [0.1, 0.15) is 83.5 Å². The zero-order valence-electron chi connectivity index (χ0n) is 21.7. The zero-order valence-corrected chi connectivity index (χ0v) is 22.5. The number of hydrogen-bond acceptors (Lipinski definition) is 4. The first-order chi connectivity index (χ1) is 17.5. The van der Waals surface area contributed by atoms with Crippen LogP contribution in [0, 0.1) is 0 Å². The Morgan fingerprint density at radius 3 is 1.69 bits per heavy atom. The molecular weight excluding hydrogens is 472 g/mol. The molecule has 0 saturated heterocycles. The van der Waals surface area contributed by atoms with Crippen molar-refractivity contribution in [1.29, 1.82) is 0 Å². The van der Waals surface area contributed by atoms with Crippen LogP contribution in [0.3, 0.4) is 0 Å². The van der Waals surface area contributed by atoms with Crippen LogP contribution < -0.4 is 9.47 Å². The van der Waals surface area contributed by atoms with E-state index in [0.717, 1.165) is 61.2 Å². The Bertz CT molecular complexity index is 957. The number of benzene rings is 2. The number of hydrogen-bond donors (Lipinski definition) is 1. The standard InChI is InChI=1S/C30H44O5S/c1-2-3-4-5-6-7-8-10-16-24-34-28-22-19-23-29(30(28)27-20-14-13-15-21-27)35-25-17-11-9-12-18-26-36(31,32)33/h2,13-15,19-23H,1,3-12,16-18,24-26H2,(H,31,32,33). The van der Waals surface area contributed by atoms with E-state index < -0.39 is 10.1 Å². The van der Waals surface area contributed by atoms with Gasteiger partial charge in [0.25, 0.3) is 10.1 Å². The third kappa shape index (κ3) is 13.1. The first-order valence-corrected chi connectivity index (χ1v) is 15.1. The van der Waals surface area contributed by atoms with Crippen LogP contribution in [-0.2, 0) is 10.1 Å². The van der Waals surface area contributed by atoms with E-state index in [1.807, 2.05) is 42.5 Å². The molecule has 0 heterocycles. The molecule has 0 aromatic heterocycles. The highest BCUT2D eigenvalue weighted by Crippen LogP contribution is 2.38. The number of rotatable bonds is 21. The summed E-state index contributed by atoms with van der Waals surface area (Å²) in [5.74, 6) is 1.52. The SMILES string of the molecule is C=CCCCCCCCCCOc1cccc(OCCCCCCCS(=O)(=O)O)c1-c1ccccc1. The summed E-state index contributed by atoms with van der Waals surface area (Å²) in [4.78, 5) is 0. The van der Waals surface area contributed by atoms with Crippen LogP contribution in [0.25, 0.3) is 11.1 Å². The van der Waals surface area contributed by atoms with Crippen LogP contribution in [0.4, 0.5) is 0 Å². The van der Waals surface area contributed by atoms with E-state index in [-0.39, 0.29) is 5.75 Å². The molecule has 2 rings (SSSR count). The van der Waals surface area contributed by atoms with Gasteiger partial charge in [0, 0.05) is 0 Å². The van der Waals surface area contributed by atoms with E-state index >= 15 is 0 Å². The van der Waals surface area contributed by atoms with Crippen LogP contribution in [-0.4, -0.2) is 31.9 Å². The molecule has 0 saturated carbocycles. The summed E-state index contributed by atoms with van der Waals surface area (Å²) in [5.41, 5.74) is 2.07. The summed E-state index contributed by atoms with van der Waals surface area (Å²) < 4.78 is 42.8.